The van der Waals surface area contributed by atoms with Crippen molar-refractivity contribution in [3.05, 3.63) is 47.5 Å². The van der Waals surface area contributed by atoms with E-state index in [1.54, 1.807) is 14.2 Å². The molecule has 0 saturated carbocycles. The van der Waals surface area contributed by atoms with Crippen LogP contribution in [0.4, 0.5) is 18.9 Å². The molecule has 0 amide bonds. The van der Waals surface area contributed by atoms with Crippen molar-refractivity contribution < 1.29 is 40.2 Å². The third-order valence-electron chi connectivity index (χ3n) is 7.40. The smallest absolute Gasteiger partial charge is 0.485 e. The van der Waals surface area contributed by atoms with Crippen LogP contribution in [0.3, 0.4) is 0 Å². The van der Waals surface area contributed by atoms with Crippen molar-refractivity contribution in [1.82, 2.24) is 4.90 Å². The lowest BCUT2D eigenvalue weighted by atomic mass is 9.86. The average molecular weight is 582 g/mol. The molecule has 8 nitrogen and oxygen atoms in total. The van der Waals surface area contributed by atoms with Gasteiger partial charge in [-0.1, -0.05) is 12.1 Å². The number of likely N-dealkylation sites (tertiary alicyclic amines) is 1. The molecule has 40 heavy (non-hydrogen) atoms. The minimum Gasteiger partial charge on any atom is -0.741 e. The SMILES string of the molecule is COc1cc2c(cc1OC)-c1c(c(NCCCN3CCCC3)c3ccccc3[n+]1C)CC2.O=S(=O)([O-])C(F)(F)F. The van der Waals surface area contributed by atoms with E-state index in [4.69, 9.17) is 22.4 Å². The number of aryl methyl sites for hydroxylation is 2. The van der Waals surface area contributed by atoms with E-state index in [9.17, 15) is 13.2 Å². The Morgan fingerprint density at radius 2 is 1.68 bits per heavy atom. The lowest BCUT2D eigenvalue weighted by Gasteiger charge is -2.24. The van der Waals surface area contributed by atoms with Gasteiger partial charge in [-0.15, -0.1) is 0 Å². The van der Waals surface area contributed by atoms with Crippen LogP contribution >= 0.6 is 0 Å². The quantitative estimate of drug-likeness (QED) is 0.191. The number of fused-ring (bicyclic) bond motifs is 4. The molecule has 3 aromatic rings. The minimum atomic E-state index is -6.09. The lowest BCUT2D eigenvalue weighted by molar-refractivity contribution is -0.634. The van der Waals surface area contributed by atoms with Gasteiger partial charge in [-0.2, -0.15) is 17.7 Å². The van der Waals surface area contributed by atoms with Crippen LogP contribution in [0.5, 0.6) is 11.5 Å². The molecule has 1 N–H and O–H groups in total. The number of rotatable bonds is 7. The predicted molar refractivity (Wildman–Crippen MR) is 146 cm³/mol. The van der Waals surface area contributed by atoms with Crippen LogP contribution in [-0.2, 0) is 30.0 Å². The summed E-state index contributed by atoms with van der Waals surface area (Å²) < 4.78 is 72.5. The highest BCUT2D eigenvalue weighted by Gasteiger charge is 2.37. The molecule has 12 heteroatoms. The largest absolute Gasteiger partial charge is 0.741 e. The molecule has 1 aromatic heterocycles. The van der Waals surface area contributed by atoms with E-state index in [1.807, 2.05) is 0 Å². The van der Waals surface area contributed by atoms with E-state index in [-0.39, 0.29) is 0 Å². The van der Waals surface area contributed by atoms with Gasteiger partial charge in [0.15, 0.2) is 21.6 Å². The van der Waals surface area contributed by atoms with Crippen molar-refractivity contribution >= 4 is 26.7 Å². The zero-order chi connectivity index (χ0) is 29.1. The third kappa shape index (κ3) is 6.29. The normalized spacial score (nSPS) is 15.2. The van der Waals surface area contributed by atoms with Gasteiger partial charge < -0.3 is 24.2 Å². The number of para-hydroxylation sites is 1. The fourth-order valence-corrected chi connectivity index (χ4v) is 5.50. The van der Waals surface area contributed by atoms with Crippen LogP contribution in [-0.4, -0.2) is 63.8 Å². The molecular weight excluding hydrogens is 547 g/mol. The summed E-state index contributed by atoms with van der Waals surface area (Å²) in [5.41, 5.74) is 2.16. The first-order valence-electron chi connectivity index (χ1n) is 13.1. The summed E-state index contributed by atoms with van der Waals surface area (Å²) in [5.74, 6) is 1.59. The van der Waals surface area contributed by atoms with Crippen molar-refractivity contribution in [3.63, 3.8) is 0 Å². The Kier molecular flexibility index (Phi) is 9.11. The first-order valence-corrected chi connectivity index (χ1v) is 14.5. The van der Waals surface area contributed by atoms with Crippen LogP contribution < -0.4 is 19.4 Å². The van der Waals surface area contributed by atoms with Crippen LogP contribution in [0.25, 0.3) is 22.2 Å². The first-order chi connectivity index (χ1) is 19.0. The number of nitrogens with zero attached hydrogens (tertiary/aromatic N) is 2. The Morgan fingerprint density at radius 3 is 2.30 bits per heavy atom. The maximum absolute atomic E-state index is 10.7. The van der Waals surface area contributed by atoms with Crippen LogP contribution in [0.2, 0.25) is 0 Å². The number of anilines is 1. The van der Waals surface area contributed by atoms with Crippen molar-refractivity contribution in [2.24, 2.45) is 7.05 Å². The first kappa shape index (κ1) is 29.9. The molecule has 2 heterocycles. The highest BCUT2D eigenvalue weighted by Crippen LogP contribution is 2.42. The molecule has 2 aromatic carbocycles. The number of alkyl halides is 3. The summed E-state index contributed by atoms with van der Waals surface area (Å²) in [6.45, 7) is 4.72. The minimum absolute atomic E-state index is 0.785. The summed E-state index contributed by atoms with van der Waals surface area (Å²) in [7, 11) is -0.489. The molecule has 0 radical (unpaired) electrons. The summed E-state index contributed by atoms with van der Waals surface area (Å²) in [4.78, 5) is 2.59. The van der Waals surface area contributed by atoms with E-state index < -0.39 is 15.6 Å². The van der Waals surface area contributed by atoms with Crippen molar-refractivity contribution in [2.75, 3.05) is 45.7 Å². The van der Waals surface area contributed by atoms with Gasteiger partial charge in [0.2, 0.25) is 11.2 Å². The third-order valence-corrected chi connectivity index (χ3v) is 7.97. The fourth-order valence-electron chi connectivity index (χ4n) is 5.50. The molecule has 0 atom stereocenters. The number of methoxy groups -OCH3 is 2. The average Bonchev–Trinajstić information content (AvgIpc) is 3.44. The molecule has 1 aliphatic carbocycles. The van der Waals surface area contributed by atoms with E-state index in [0.717, 1.165) is 30.9 Å². The second kappa shape index (κ2) is 12.2. The van der Waals surface area contributed by atoms with E-state index >= 15 is 0 Å². The number of ether oxygens (including phenoxy) is 2. The summed E-state index contributed by atoms with van der Waals surface area (Å²) >= 11 is 0. The zero-order valence-electron chi connectivity index (χ0n) is 22.8. The van der Waals surface area contributed by atoms with Crippen molar-refractivity contribution in [3.8, 4) is 22.8 Å². The van der Waals surface area contributed by atoms with Crippen LogP contribution in [0.15, 0.2) is 36.4 Å². The highest BCUT2D eigenvalue weighted by molar-refractivity contribution is 7.86. The molecule has 1 saturated heterocycles. The topological polar surface area (TPSA) is 94.8 Å². The molecule has 5 rings (SSSR count). The highest BCUT2D eigenvalue weighted by atomic mass is 32.2. The van der Waals surface area contributed by atoms with Crippen LogP contribution in [0.1, 0.15) is 30.4 Å². The van der Waals surface area contributed by atoms with Crippen LogP contribution in [0, 0.1) is 0 Å². The number of hydrogen-bond acceptors (Lipinski definition) is 7. The fraction of sp³-hybridized carbons (Fsp3) is 0.464. The van der Waals surface area contributed by atoms with Gasteiger partial charge in [-0.05, 0) is 75.5 Å². The Balaban J connectivity index is 0.000000406. The molecule has 0 bridgehead atoms. The number of hydrogen-bond donors (Lipinski definition) is 1. The Bertz CT molecular complexity index is 1470. The van der Waals surface area contributed by atoms with E-state index in [2.05, 4.69) is 58.2 Å². The monoisotopic (exact) mass is 581 g/mol. The number of aromatic nitrogens is 1. The van der Waals surface area contributed by atoms with Gasteiger partial charge in [-0.25, -0.2) is 8.42 Å². The van der Waals surface area contributed by atoms with Crippen molar-refractivity contribution in [2.45, 2.75) is 37.6 Å². The zero-order valence-corrected chi connectivity index (χ0v) is 23.6. The van der Waals surface area contributed by atoms with Gasteiger partial charge in [-0.3, -0.25) is 0 Å². The van der Waals surface area contributed by atoms with Gasteiger partial charge in [0.1, 0.15) is 7.05 Å². The summed E-state index contributed by atoms with van der Waals surface area (Å²) in [6.07, 6.45) is 5.91. The maximum Gasteiger partial charge on any atom is 0.485 e. The number of benzene rings is 2. The Hall–Kier alpha value is -3.09. The van der Waals surface area contributed by atoms with Gasteiger partial charge >= 0.3 is 5.51 Å². The molecule has 0 spiro atoms. The number of pyridine rings is 1. The number of nitrogens with one attached hydrogen (secondary N) is 1. The summed E-state index contributed by atoms with van der Waals surface area (Å²) in [5, 5.41) is 5.16. The van der Waals surface area contributed by atoms with E-state index in [0.29, 0.717) is 0 Å². The predicted octanol–water partition coefficient (Wildman–Crippen LogP) is 4.40. The molecule has 218 valence electrons. The molecule has 1 aliphatic heterocycles. The summed E-state index contributed by atoms with van der Waals surface area (Å²) in [6, 6.07) is 13.1. The van der Waals surface area contributed by atoms with Gasteiger partial charge in [0.25, 0.3) is 0 Å². The van der Waals surface area contributed by atoms with Gasteiger partial charge in [0, 0.05) is 18.2 Å². The van der Waals surface area contributed by atoms with Crippen molar-refractivity contribution in [1.29, 1.82) is 0 Å². The lowest BCUT2D eigenvalue weighted by Crippen LogP contribution is -2.36. The molecular formula is C28H34F3N3O5S. The van der Waals surface area contributed by atoms with Gasteiger partial charge in [0.05, 0.1) is 30.9 Å². The second-order valence-corrected chi connectivity index (χ2v) is 11.2. The maximum atomic E-state index is 10.7. The number of halogens is 3. The molecule has 2 aliphatic rings. The Morgan fingerprint density at radius 1 is 1.05 bits per heavy atom. The molecule has 0 unspecified atom stereocenters. The molecule has 1 fully saturated rings. The standard InChI is InChI=1S/C27H33N3O2.CHF3O3S/c1-29-23-10-5-4-9-20(23)26(28-13-8-16-30-14-6-7-15-30)21-12-11-19-17-24(31-2)25(32-3)18-22(19)27(21)29;2-1(3,4)8(5,6)7/h4-5,9-10,17-18H,6-8,11-16H2,1-3H3;(H,5,6,7). The van der Waals surface area contributed by atoms with E-state index in [1.165, 1.54) is 77.9 Å². The second-order valence-electron chi connectivity index (χ2n) is 9.87. The Labute approximate surface area is 232 Å².